The van der Waals surface area contributed by atoms with E-state index in [0.29, 0.717) is 17.6 Å². The largest absolute Gasteiger partial charge is 0.368 e. The molecule has 4 rings (SSSR count). The maximum absolute atomic E-state index is 13.0. The lowest BCUT2D eigenvalue weighted by molar-refractivity contribution is -0.138. The lowest BCUT2D eigenvalue weighted by Crippen LogP contribution is -2.46. The molecule has 4 heterocycles. The number of aryl methyl sites for hydroxylation is 1. The number of hydrogen-bond donors (Lipinski definition) is 2. The number of carbonyl (C=O) groups is 1. The highest BCUT2D eigenvalue weighted by Crippen LogP contribution is 2.26. The van der Waals surface area contributed by atoms with Crippen LogP contribution in [0, 0.1) is 24.2 Å². The van der Waals surface area contributed by atoms with Gasteiger partial charge in [-0.15, -0.1) is 11.3 Å². The van der Waals surface area contributed by atoms with Crippen molar-refractivity contribution in [1.82, 2.24) is 24.8 Å². The maximum Gasteiger partial charge on any atom is 0.225 e. The van der Waals surface area contributed by atoms with Crippen molar-refractivity contribution in [3.05, 3.63) is 34.0 Å². The van der Waals surface area contributed by atoms with Gasteiger partial charge in [0.2, 0.25) is 11.9 Å². The minimum atomic E-state index is 0.112. The average Bonchev–Trinajstić information content (AvgIpc) is 3.21. The van der Waals surface area contributed by atoms with E-state index in [9.17, 15) is 4.79 Å². The summed E-state index contributed by atoms with van der Waals surface area (Å²) in [6.07, 6.45) is 7.04. The van der Waals surface area contributed by atoms with Crippen LogP contribution in [0.3, 0.4) is 0 Å². The normalized spacial score (nSPS) is 19.2. The van der Waals surface area contributed by atoms with Gasteiger partial charge in [-0.25, -0.2) is 15.0 Å². The summed E-state index contributed by atoms with van der Waals surface area (Å²) in [4.78, 5) is 29.9. The van der Waals surface area contributed by atoms with Crippen molar-refractivity contribution >= 4 is 28.9 Å². The summed E-state index contributed by atoms with van der Waals surface area (Å²) in [7, 11) is 0. The highest BCUT2D eigenvalue weighted by Gasteiger charge is 2.32. The van der Waals surface area contributed by atoms with Gasteiger partial charge in [0.15, 0.2) is 0 Å². The van der Waals surface area contributed by atoms with Gasteiger partial charge in [0.05, 0.1) is 16.4 Å². The topological polar surface area (TPSA) is 112 Å². The van der Waals surface area contributed by atoms with E-state index < -0.39 is 0 Å². The number of thiazole rings is 1. The molecule has 3 N–H and O–H groups in total. The summed E-state index contributed by atoms with van der Waals surface area (Å²) in [5.41, 5.74) is 8.03. The van der Waals surface area contributed by atoms with Crippen molar-refractivity contribution in [3.8, 4) is 0 Å². The van der Waals surface area contributed by atoms with E-state index in [1.165, 1.54) is 0 Å². The molecule has 0 spiro atoms. The van der Waals surface area contributed by atoms with Gasteiger partial charge in [-0.2, -0.15) is 0 Å². The zero-order valence-corrected chi connectivity index (χ0v) is 18.2. The predicted octanol–water partition coefficient (Wildman–Crippen LogP) is 2.34. The van der Waals surface area contributed by atoms with E-state index in [2.05, 4.69) is 19.9 Å². The van der Waals surface area contributed by atoms with Crippen molar-refractivity contribution in [1.29, 1.82) is 5.41 Å². The number of nitrogen functional groups attached to an aromatic ring is 1. The molecule has 0 unspecified atom stereocenters. The second-order valence-corrected chi connectivity index (χ2v) is 9.33. The van der Waals surface area contributed by atoms with Crippen LogP contribution in [0.25, 0.3) is 0 Å². The Morgan fingerprint density at radius 2 is 1.77 bits per heavy atom. The monoisotopic (exact) mass is 427 g/mol. The first-order valence-corrected chi connectivity index (χ1v) is 11.5. The average molecular weight is 428 g/mol. The molecule has 9 heteroatoms. The molecular weight excluding hydrogens is 398 g/mol. The first-order chi connectivity index (χ1) is 14.5. The minimum absolute atomic E-state index is 0.112. The van der Waals surface area contributed by atoms with Crippen LogP contribution in [0.4, 0.5) is 5.95 Å². The second-order valence-electron chi connectivity index (χ2n) is 8.26. The van der Waals surface area contributed by atoms with Crippen LogP contribution in [-0.4, -0.2) is 62.5 Å². The van der Waals surface area contributed by atoms with E-state index in [4.69, 9.17) is 11.1 Å². The van der Waals surface area contributed by atoms with Gasteiger partial charge in [-0.3, -0.25) is 9.69 Å². The maximum atomic E-state index is 13.0. The number of likely N-dealkylation sites (tertiary alicyclic amines) is 2. The van der Waals surface area contributed by atoms with Crippen LogP contribution in [0.15, 0.2) is 17.8 Å². The Morgan fingerprint density at radius 1 is 1.13 bits per heavy atom. The van der Waals surface area contributed by atoms with E-state index in [-0.39, 0.29) is 11.8 Å². The molecule has 2 aromatic heterocycles. The zero-order valence-electron chi connectivity index (χ0n) is 17.4. The molecule has 0 saturated carbocycles. The summed E-state index contributed by atoms with van der Waals surface area (Å²) >= 11 is 1.59. The molecular formula is C21H29N7OS. The molecule has 1 amide bonds. The molecule has 2 aliphatic rings. The van der Waals surface area contributed by atoms with E-state index >= 15 is 0 Å². The molecule has 0 aliphatic carbocycles. The number of aromatic nitrogens is 3. The highest BCUT2D eigenvalue weighted by atomic mass is 32.1. The molecule has 2 aliphatic heterocycles. The van der Waals surface area contributed by atoms with E-state index in [1.54, 1.807) is 23.7 Å². The quantitative estimate of drug-likeness (QED) is 0.709. The second kappa shape index (κ2) is 9.18. The number of amides is 1. The Balaban J connectivity index is 1.23. The molecule has 8 nitrogen and oxygen atoms in total. The number of hydrogen-bond acceptors (Lipinski definition) is 8. The molecule has 2 saturated heterocycles. The van der Waals surface area contributed by atoms with Gasteiger partial charge in [0.25, 0.3) is 0 Å². The Hall–Kier alpha value is -2.39. The number of anilines is 1. The van der Waals surface area contributed by atoms with Gasteiger partial charge in [0, 0.05) is 54.8 Å². The number of nitrogens with one attached hydrogen (secondary N) is 1. The molecule has 160 valence electrons. The Morgan fingerprint density at radius 3 is 2.37 bits per heavy atom. The number of rotatable bonds is 5. The van der Waals surface area contributed by atoms with Crippen LogP contribution in [-0.2, 0) is 11.3 Å². The van der Waals surface area contributed by atoms with Crippen molar-refractivity contribution in [2.24, 2.45) is 11.8 Å². The lowest BCUT2D eigenvalue weighted by atomic mass is 9.89. The van der Waals surface area contributed by atoms with Crippen LogP contribution in [0.2, 0.25) is 0 Å². The molecule has 0 atom stereocenters. The van der Waals surface area contributed by atoms with Gasteiger partial charge in [-0.05, 0) is 45.7 Å². The summed E-state index contributed by atoms with van der Waals surface area (Å²) in [6.45, 7) is 6.08. The molecule has 0 aromatic carbocycles. The number of nitrogens with zero attached hydrogens (tertiary/aromatic N) is 5. The fourth-order valence-corrected chi connectivity index (χ4v) is 5.00. The highest BCUT2D eigenvalue weighted by molar-refractivity contribution is 7.09. The van der Waals surface area contributed by atoms with Crippen molar-refractivity contribution in [2.45, 2.75) is 39.2 Å². The Kier molecular flexibility index (Phi) is 6.38. The molecule has 0 bridgehead atoms. The summed E-state index contributed by atoms with van der Waals surface area (Å²) in [6, 6.07) is 0. The van der Waals surface area contributed by atoms with Crippen molar-refractivity contribution < 1.29 is 4.79 Å². The Bertz CT molecular complexity index is 881. The lowest BCUT2D eigenvalue weighted by Gasteiger charge is -2.37. The van der Waals surface area contributed by atoms with Crippen molar-refractivity contribution in [2.75, 3.05) is 31.9 Å². The van der Waals surface area contributed by atoms with E-state index in [0.717, 1.165) is 74.7 Å². The van der Waals surface area contributed by atoms with Crippen LogP contribution < -0.4 is 5.73 Å². The first-order valence-electron chi connectivity index (χ1n) is 10.6. The van der Waals surface area contributed by atoms with Gasteiger partial charge in [0.1, 0.15) is 0 Å². The summed E-state index contributed by atoms with van der Waals surface area (Å²) in [5.74, 6) is 0.907. The Labute approximate surface area is 181 Å². The smallest absolute Gasteiger partial charge is 0.225 e. The summed E-state index contributed by atoms with van der Waals surface area (Å²) in [5, 5.41) is 11.4. The SMILES string of the molecule is Cc1nc(C(=N)C2CCN(C(=O)C3CCN(Cc4cnc(N)nc4)CC3)CC2)cs1. The number of piperidine rings is 2. The van der Waals surface area contributed by atoms with Gasteiger partial charge >= 0.3 is 0 Å². The summed E-state index contributed by atoms with van der Waals surface area (Å²) < 4.78 is 0. The first kappa shape index (κ1) is 20.9. The third-order valence-electron chi connectivity index (χ3n) is 6.18. The van der Waals surface area contributed by atoms with Crippen LogP contribution >= 0.6 is 11.3 Å². The molecule has 0 radical (unpaired) electrons. The molecule has 2 aromatic rings. The van der Waals surface area contributed by atoms with Gasteiger partial charge < -0.3 is 16.0 Å². The molecule has 2 fully saturated rings. The fraction of sp³-hybridized carbons (Fsp3) is 0.571. The van der Waals surface area contributed by atoms with E-state index in [1.807, 2.05) is 17.2 Å². The van der Waals surface area contributed by atoms with Crippen LogP contribution in [0.1, 0.15) is 41.9 Å². The predicted molar refractivity (Wildman–Crippen MR) is 117 cm³/mol. The van der Waals surface area contributed by atoms with Gasteiger partial charge in [-0.1, -0.05) is 0 Å². The zero-order chi connectivity index (χ0) is 21.1. The third-order valence-corrected chi connectivity index (χ3v) is 6.95. The molecule has 30 heavy (non-hydrogen) atoms. The fourth-order valence-electron chi connectivity index (χ4n) is 4.39. The standard InChI is InChI=1S/C21H29N7OS/c1-14-26-18(13-30-14)19(22)16-4-8-28(9-5-16)20(29)17-2-6-27(7-3-17)12-15-10-24-21(23)25-11-15/h10-11,13,16-17,22H,2-9,12H2,1H3,(H2,23,24,25). The number of nitrogens with two attached hydrogens (primary N) is 1. The van der Waals surface area contributed by atoms with Crippen molar-refractivity contribution in [3.63, 3.8) is 0 Å². The van der Waals surface area contributed by atoms with Crippen LogP contribution in [0.5, 0.6) is 0 Å². The number of carbonyl (C=O) groups excluding carboxylic acids is 1. The third kappa shape index (κ3) is 4.84. The minimum Gasteiger partial charge on any atom is -0.368 e.